The van der Waals surface area contributed by atoms with Crippen molar-refractivity contribution in [3.8, 4) is 0 Å². The Kier molecular flexibility index (Phi) is 6.83. The molecule has 0 aromatic heterocycles. The second-order valence-electron chi connectivity index (χ2n) is 6.85. The van der Waals surface area contributed by atoms with Crippen molar-refractivity contribution >= 4 is 18.4 Å². The number of rotatable bonds is 6. The molecule has 0 saturated carbocycles. The van der Waals surface area contributed by atoms with E-state index < -0.39 is 29.4 Å². The Balaban J connectivity index is 0.00000288. The van der Waals surface area contributed by atoms with Crippen LogP contribution in [0.1, 0.15) is 27.2 Å². The number of nitrogens with zero attached hydrogens (tertiary/aromatic N) is 1. The number of aliphatic hydroxyl groups excluding tert-OH is 1. The molecule has 1 fully saturated rings. The number of esters is 1. The van der Waals surface area contributed by atoms with Gasteiger partial charge >= 0.3 is 5.97 Å². The van der Waals surface area contributed by atoms with Crippen LogP contribution in [0.15, 0.2) is 11.6 Å². The van der Waals surface area contributed by atoms with Gasteiger partial charge in [-0.05, 0) is 32.8 Å². The lowest BCUT2D eigenvalue weighted by Gasteiger charge is -2.40. The number of hydrogen-bond acceptors (Lipinski definition) is 7. The van der Waals surface area contributed by atoms with Crippen molar-refractivity contribution in [1.82, 2.24) is 4.90 Å². The van der Waals surface area contributed by atoms with Crippen LogP contribution in [0.3, 0.4) is 0 Å². The van der Waals surface area contributed by atoms with Gasteiger partial charge in [0, 0.05) is 20.2 Å². The summed E-state index contributed by atoms with van der Waals surface area (Å²) in [6, 6.07) is -0.127. The van der Waals surface area contributed by atoms with Crippen LogP contribution >= 0.6 is 12.4 Å². The minimum absolute atomic E-state index is 0. The summed E-state index contributed by atoms with van der Waals surface area (Å²) in [6.45, 7) is 5.68. The first-order chi connectivity index (χ1) is 10.6. The molecule has 1 saturated heterocycles. The van der Waals surface area contributed by atoms with Crippen LogP contribution in [0.5, 0.6) is 0 Å². The number of carbonyl (C=O) groups excluding carboxylic acids is 1. The first-order valence-corrected chi connectivity index (χ1v) is 7.88. The van der Waals surface area contributed by atoms with Gasteiger partial charge in [0.05, 0.1) is 18.2 Å². The maximum atomic E-state index is 12.4. The van der Waals surface area contributed by atoms with Gasteiger partial charge in [0.25, 0.3) is 0 Å². The van der Waals surface area contributed by atoms with Crippen molar-refractivity contribution in [3.63, 3.8) is 0 Å². The molecule has 4 atom stereocenters. The van der Waals surface area contributed by atoms with Gasteiger partial charge in [-0.1, -0.05) is 6.08 Å². The summed E-state index contributed by atoms with van der Waals surface area (Å²) >= 11 is 0. The zero-order valence-electron chi connectivity index (χ0n) is 14.6. The van der Waals surface area contributed by atoms with Crippen molar-refractivity contribution in [2.75, 3.05) is 26.8 Å². The number of ether oxygens (including phenoxy) is 2. The first kappa shape index (κ1) is 21.3. The molecule has 0 aromatic carbocycles. The third-order valence-electron chi connectivity index (χ3n) is 4.99. The third kappa shape index (κ3) is 3.61. The monoisotopic (exact) mass is 365 g/mol. The van der Waals surface area contributed by atoms with E-state index in [0.29, 0.717) is 6.42 Å². The van der Waals surface area contributed by atoms with Gasteiger partial charge in [-0.25, -0.2) is 4.79 Å². The van der Waals surface area contributed by atoms with E-state index in [9.17, 15) is 20.1 Å². The summed E-state index contributed by atoms with van der Waals surface area (Å²) in [6.07, 6.45) is 1.22. The highest BCUT2D eigenvalue weighted by Gasteiger charge is 2.55. The van der Waals surface area contributed by atoms with Gasteiger partial charge in [0.1, 0.15) is 12.2 Å². The zero-order chi connectivity index (χ0) is 17.4. The highest BCUT2D eigenvalue weighted by molar-refractivity contribution is 5.85. The van der Waals surface area contributed by atoms with Gasteiger partial charge in [-0.2, -0.15) is 0 Å². The second kappa shape index (κ2) is 7.68. The van der Waals surface area contributed by atoms with E-state index in [1.807, 2.05) is 6.08 Å². The minimum Gasteiger partial charge on any atom is -0.459 e. The van der Waals surface area contributed by atoms with E-state index in [1.165, 1.54) is 27.9 Å². The summed E-state index contributed by atoms with van der Waals surface area (Å²) < 4.78 is 10.3. The summed E-state index contributed by atoms with van der Waals surface area (Å²) in [5, 5.41) is 30.9. The van der Waals surface area contributed by atoms with Gasteiger partial charge in [-0.15, -0.1) is 12.4 Å². The molecule has 2 aliphatic rings. The van der Waals surface area contributed by atoms with E-state index in [-0.39, 0.29) is 25.1 Å². The van der Waals surface area contributed by atoms with Crippen molar-refractivity contribution in [2.45, 2.75) is 56.6 Å². The molecule has 0 radical (unpaired) electrons. The summed E-state index contributed by atoms with van der Waals surface area (Å²) in [5.41, 5.74) is -3.09. The lowest BCUT2D eigenvalue weighted by molar-refractivity contribution is -0.216. The van der Waals surface area contributed by atoms with E-state index in [0.717, 1.165) is 18.7 Å². The lowest BCUT2D eigenvalue weighted by atomic mass is 9.81. The molecule has 0 amide bonds. The average molecular weight is 366 g/mol. The van der Waals surface area contributed by atoms with E-state index >= 15 is 0 Å². The van der Waals surface area contributed by atoms with Crippen LogP contribution in [-0.4, -0.2) is 82.4 Å². The van der Waals surface area contributed by atoms with E-state index in [4.69, 9.17) is 9.47 Å². The number of fused-ring (bicyclic) bond motifs is 1. The standard InChI is InChI=1S/C16H27NO6.ClH/c1-10(22-4)16(21,15(2,3)20)14(19)23-9-11-5-7-17-8-6-12(18)13(11)17;/h5,10,12-13,18,20-21H,6-9H2,1-4H3;1H/t10-,12-,13+,16-;/m0./s1. The van der Waals surface area contributed by atoms with E-state index in [2.05, 4.69) is 4.90 Å². The molecule has 0 aliphatic carbocycles. The Morgan fingerprint density at radius 3 is 2.62 bits per heavy atom. The molecular weight excluding hydrogens is 338 g/mol. The Bertz CT molecular complexity index is 491. The normalized spacial score (nSPS) is 27.7. The van der Waals surface area contributed by atoms with Gasteiger partial charge < -0.3 is 24.8 Å². The molecule has 140 valence electrons. The highest BCUT2D eigenvalue weighted by Crippen LogP contribution is 2.31. The van der Waals surface area contributed by atoms with Crippen molar-refractivity contribution < 1.29 is 29.6 Å². The van der Waals surface area contributed by atoms with Crippen molar-refractivity contribution in [3.05, 3.63) is 11.6 Å². The van der Waals surface area contributed by atoms with E-state index in [1.54, 1.807) is 0 Å². The minimum atomic E-state index is -2.19. The molecule has 0 aromatic rings. The fourth-order valence-electron chi connectivity index (χ4n) is 3.37. The number of halogens is 1. The van der Waals surface area contributed by atoms with Crippen molar-refractivity contribution in [1.29, 1.82) is 0 Å². The number of hydrogen-bond donors (Lipinski definition) is 3. The van der Waals surface area contributed by atoms with Crippen LogP contribution < -0.4 is 0 Å². The highest BCUT2D eigenvalue weighted by atomic mass is 35.5. The SMILES string of the molecule is CO[C@@H](C)[C@](O)(C(=O)OCC1=CCN2CC[C@H](O)[C@@H]12)C(C)(C)O.Cl. The largest absolute Gasteiger partial charge is 0.459 e. The van der Waals surface area contributed by atoms with Gasteiger partial charge in [0.15, 0.2) is 0 Å². The molecule has 0 spiro atoms. The molecule has 2 aliphatic heterocycles. The Hall–Kier alpha value is -0.700. The van der Waals surface area contributed by atoms with Crippen molar-refractivity contribution in [2.24, 2.45) is 0 Å². The predicted molar refractivity (Wildman–Crippen MR) is 90.0 cm³/mol. The Labute approximate surface area is 148 Å². The molecule has 24 heavy (non-hydrogen) atoms. The molecule has 7 nitrogen and oxygen atoms in total. The number of methoxy groups -OCH3 is 1. The zero-order valence-corrected chi connectivity index (χ0v) is 15.4. The maximum absolute atomic E-state index is 12.4. The summed E-state index contributed by atoms with van der Waals surface area (Å²) in [5.74, 6) is -0.939. The number of aliphatic hydroxyl groups is 3. The smallest absolute Gasteiger partial charge is 0.344 e. The summed E-state index contributed by atoms with van der Waals surface area (Å²) in [4.78, 5) is 14.5. The quantitative estimate of drug-likeness (QED) is 0.445. The Morgan fingerprint density at radius 1 is 1.46 bits per heavy atom. The topological polar surface area (TPSA) is 99.5 Å². The molecular formula is C16H28ClNO6. The fourth-order valence-corrected chi connectivity index (χ4v) is 3.37. The van der Waals surface area contributed by atoms with Crippen LogP contribution in [-0.2, 0) is 14.3 Å². The molecule has 2 rings (SSSR count). The van der Waals surface area contributed by atoms with Crippen LogP contribution in [0.2, 0.25) is 0 Å². The predicted octanol–water partition coefficient (Wildman–Crippen LogP) is -0.136. The first-order valence-electron chi connectivity index (χ1n) is 7.88. The van der Waals surface area contributed by atoms with Crippen LogP contribution in [0, 0.1) is 0 Å². The molecule has 3 N–H and O–H groups in total. The Morgan fingerprint density at radius 2 is 2.08 bits per heavy atom. The molecule has 0 unspecified atom stereocenters. The van der Waals surface area contributed by atoms with Crippen LogP contribution in [0.4, 0.5) is 0 Å². The second-order valence-corrected chi connectivity index (χ2v) is 6.85. The summed E-state index contributed by atoms with van der Waals surface area (Å²) in [7, 11) is 1.35. The average Bonchev–Trinajstić information content (AvgIpc) is 3.05. The molecule has 2 heterocycles. The maximum Gasteiger partial charge on any atom is 0.344 e. The number of carbonyl (C=O) groups is 1. The third-order valence-corrected chi connectivity index (χ3v) is 4.99. The lowest BCUT2D eigenvalue weighted by Crippen LogP contribution is -2.63. The molecule has 0 bridgehead atoms. The molecule has 8 heteroatoms. The fraction of sp³-hybridized carbons (Fsp3) is 0.812. The van der Waals surface area contributed by atoms with Gasteiger partial charge in [-0.3, -0.25) is 4.90 Å². The van der Waals surface area contributed by atoms with Crippen LogP contribution in [0.25, 0.3) is 0 Å². The van der Waals surface area contributed by atoms with Gasteiger partial charge in [0.2, 0.25) is 5.60 Å².